The molecule has 3 aromatic rings. The molecule has 3 rings (SSSR count). The predicted molar refractivity (Wildman–Crippen MR) is 138 cm³/mol. The molecule has 0 amide bonds. The SMILES string of the molecule is CCCc1nc2ccc(Br)cc2c(=O)n1N=Cc1cc(Br)cc([N+](=O)[O-])c1O[C@@H](C)C(=O)OCC. The maximum atomic E-state index is 13.2. The molecule has 0 fully saturated rings. The fourth-order valence-electron chi connectivity index (χ4n) is 3.26. The van der Waals surface area contributed by atoms with Gasteiger partial charge in [0.15, 0.2) is 6.10 Å². The Morgan fingerprint density at radius 3 is 2.66 bits per heavy atom. The first-order valence-corrected chi connectivity index (χ1v) is 12.3. The van der Waals surface area contributed by atoms with Crippen LogP contribution in [0.25, 0.3) is 10.9 Å². The van der Waals surface area contributed by atoms with E-state index in [1.165, 1.54) is 23.9 Å². The van der Waals surface area contributed by atoms with Gasteiger partial charge in [-0.15, -0.1) is 0 Å². The lowest BCUT2D eigenvalue weighted by Crippen LogP contribution is -2.27. The second kappa shape index (κ2) is 11.5. The first-order chi connectivity index (χ1) is 16.7. The van der Waals surface area contributed by atoms with Crippen LogP contribution in [0.15, 0.2) is 49.2 Å². The third kappa shape index (κ3) is 6.12. The Bertz CT molecular complexity index is 1370. The number of aromatic nitrogens is 2. The maximum absolute atomic E-state index is 13.2. The molecule has 0 unspecified atom stereocenters. The Balaban J connectivity index is 2.16. The average molecular weight is 610 g/mol. The molecule has 2 aromatic carbocycles. The Morgan fingerprint density at radius 1 is 1.26 bits per heavy atom. The third-order valence-electron chi connectivity index (χ3n) is 4.83. The molecule has 0 saturated heterocycles. The maximum Gasteiger partial charge on any atom is 0.347 e. The van der Waals surface area contributed by atoms with Gasteiger partial charge in [-0.1, -0.05) is 38.8 Å². The zero-order chi connectivity index (χ0) is 25.7. The number of halogens is 2. The van der Waals surface area contributed by atoms with E-state index in [4.69, 9.17) is 9.47 Å². The molecule has 0 spiro atoms. The van der Waals surface area contributed by atoms with Gasteiger partial charge in [-0.2, -0.15) is 9.78 Å². The first kappa shape index (κ1) is 26.5. The quantitative estimate of drug-likeness (QED) is 0.145. The standard InChI is InChI=1S/C23H22Br2N4O6/c1-4-6-20-27-18-8-7-15(24)10-17(18)22(30)28(20)26-12-14-9-16(25)11-19(29(32)33)21(14)35-13(3)23(31)34-5-2/h7-13H,4-6H2,1-3H3/t13-/m0/s1. The van der Waals surface area contributed by atoms with Crippen molar-refractivity contribution in [1.29, 1.82) is 0 Å². The molecule has 0 aliphatic carbocycles. The van der Waals surface area contributed by atoms with Gasteiger partial charge in [0.05, 0.1) is 28.6 Å². The van der Waals surface area contributed by atoms with Crippen molar-refractivity contribution in [1.82, 2.24) is 9.66 Å². The number of hydrogen-bond acceptors (Lipinski definition) is 8. The van der Waals surface area contributed by atoms with Gasteiger partial charge in [0.2, 0.25) is 5.75 Å². The number of ether oxygens (including phenoxy) is 2. The number of carbonyl (C=O) groups is 1. The minimum Gasteiger partial charge on any atom is -0.471 e. The zero-order valence-electron chi connectivity index (χ0n) is 19.2. The van der Waals surface area contributed by atoms with Crippen LogP contribution in [-0.4, -0.2) is 39.5 Å². The summed E-state index contributed by atoms with van der Waals surface area (Å²) in [4.78, 5) is 41.0. The third-order valence-corrected chi connectivity index (χ3v) is 5.79. The van der Waals surface area contributed by atoms with E-state index >= 15 is 0 Å². The second-order valence-electron chi connectivity index (χ2n) is 7.41. The molecule has 0 aliphatic heterocycles. The van der Waals surface area contributed by atoms with E-state index in [9.17, 15) is 19.7 Å². The molecule has 0 aliphatic rings. The lowest BCUT2D eigenvalue weighted by atomic mass is 10.2. The number of nitrogens with zero attached hydrogens (tertiary/aromatic N) is 4. The van der Waals surface area contributed by atoms with Gasteiger partial charge in [0.25, 0.3) is 5.56 Å². The van der Waals surface area contributed by atoms with Crippen LogP contribution < -0.4 is 10.3 Å². The van der Waals surface area contributed by atoms with Crippen LogP contribution in [0, 0.1) is 10.1 Å². The summed E-state index contributed by atoms with van der Waals surface area (Å²) >= 11 is 6.62. The van der Waals surface area contributed by atoms with Gasteiger partial charge >= 0.3 is 11.7 Å². The van der Waals surface area contributed by atoms with Gasteiger partial charge in [-0.3, -0.25) is 14.9 Å². The fourth-order valence-corrected chi connectivity index (χ4v) is 4.09. The van der Waals surface area contributed by atoms with E-state index in [2.05, 4.69) is 41.9 Å². The number of esters is 1. The van der Waals surface area contributed by atoms with E-state index in [1.54, 1.807) is 31.2 Å². The van der Waals surface area contributed by atoms with E-state index in [0.29, 0.717) is 32.1 Å². The van der Waals surface area contributed by atoms with Crippen LogP contribution in [0.3, 0.4) is 0 Å². The number of nitro groups is 1. The summed E-state index contributed by atoms with van der Waals surface area (Å²) < 4.78 is 12.9. The summed E-state index contributed by atoms with van der Waals surface area (Å²) in [6, 6.07) is 8.00. The number of hydrogen-bond donors (Lipinski definition) is 0. The first-order valence-electron chi connectivity index (χ1n) is 10.7. The molecule has 1 aromatic heterocycles. The summed E-state index contributed by atoms with van der Waals surface area (Å²) in [7, 11) is 0. The molecule has 184 valence electrons. The average Bonchev–Trinajstić information content (AvgIpc) is 2.80. The van der Waals surface area contributed by atoms with Crippen molar-refractivity contribution in [2.75, 3.05) is 6.61 Å². The number of nitro benzene ring substituents is 1. The Labute approximate surface area is 217 Å². The summed E-state index contributed by atoms with van der Waals surface area (Å²) in [5.74, 6) is -0.405. The normalized spacial score (nSPS) is 12.1. The van der Waals surface area contributed by atoms with Crippen molar-refractivity contribution >= 4 is 60.6 Å². The molecular formula is C23H22Br2N4O6. The fraction of sp³-hybridized carbons (Fsp3) is 0.304. The molecule has 0 saturated carbocycles. The topological polar surface area (TPSA) is 126 Å². The Kier molecular flexibility index (Phi) is 8.73. The number of rotatable bonds is 9. The highest BCUT2D eigenvalue weighted by molar-refractivity contribution is 9.10. The molecule has 1 atom stereocenters. The summed E-state index contributed by atoms with van der Waals surface area (Å²) in [5.41, 5.74) is -0.0362. The van der Waals surface area contributed by atoms with Gasteiger partial charge in [0, 0.05) is 27.0 Å². The second-order valence-corrected chi connectivity index (χ2v) is 9.24. The molecular weight excluding hydrogens is 588 g/mol. The highest BCUT2D eigenvalue weighted by Gasteiger charge is 2.25. The minimum absolute atomic E-state index is 0.136. The van der Waals surface area contributed by atoms with Crippen molar-refractivity contribution < 1.29 is 19.2 Å². The van der Waals surface area contributed by atoms with Crippen LogP contribution >= 0.6 is 31.9 Å². The number of fused-ring (bicyclic) bond motifs is 1. The van der Waals surface area contributed by atoms with Crippen molar-refractivity contribution in [3.8, 4) is 5.75 Å². The smallest absolute Gasteiger partial charge is 0.347 e. The highest BCUT2D eigenvalue weighted by atomic mass is 79.9. The Hall–Kier alpha value is -3.12. The minimum atomic E-state index is -1.11. The van der Waals surface area contributed by atoms with E-state index in [-0.39, 0.29) is 29.2 Å². The van der Waals surface area contributed by atoms with Crippen molar-refractivity contribution in [2.45, 2.75) is 39.7 Å². The van der Waals surface area contributed by atoms with E-state index in [1.807, 2.05) is 6.92 Å². The lowest BCUT2D eigenvalue weighted by molar-refractivity contribution is -0.386. The van der Waals surface area contributed by atoms with Gasteiger partial charge in [0.1, 0.15) is 5.82 Å². The van der Waals surface area contributed by atoms with Crippen LogP contribution in [0.2, 0.25) is 0 Å². The predicted octanol–water partition coefficient (Wildman–Crippen LogP) is 4.99. The molecule has 0 N–H and O–H groups in total. The van der Waals surface area contributed by atoms with Crippen LogP contribution in [0.4, 0.5) is 5.69 Å². The lowest BCUT2D eigenvalue weighted by Gasteiger charge is -2.15. The molecule has 1 heterocycles. The number of benzene rings is 2. The number of carbonyl (C=O) groups excluding carboxylic acids is 1. The molecule has 10 nitrogen and oxygen atoms in total. The number of aryl methyl sites for hydroxylation is 1. The van der Waals surface area contributed by atoms with Crippen molar-refractivity contribution in [2.24, 2.45) is 5.10 Å². The van der Waals surface area contributed by atoms with Crippen LogP contribution in [0.5, 0.6) is 5.75 Å². The van der Waals surface area contributed by atoms with E-state index < -0.39 is 17.0 Å². The van der Waals surface area contributed by atoms with Gasteiger partial charge < -0.3 is 9.47 Å². The van der Waals surface area contributed by atoms with Gasteiger partial charge in [-0.25, -0.2) is 9.78 Å². The van der Waals surface area contributed by atoms with Crippen molar-refractivity contribution in [3.63, 3.8) is 0 Å². The zero-order valence-corrected chi connectivity index (χ0v) is 22.3. The van der Waals surface area contributed by atoms with Crippen LogP contribution in [0.1, 0.15) is 38.6 Å². The highest BCUT2D eigenvalue weighted by Crippen LogP contribution is 2.34. The Morgan fingerprint density at radius 2 is 2.00 bits per heavy atom. The largest absolute Gasteiger partial charge is 0.471 e. The van der Waals surface area contributed by atoms with Gasteiger partial charge in [-0.05, 0) is 44.5 Å². The molecule has 0 bridgehead atoms. The van der Waals surface area contributed by atoms with E-state index in [0.717, 1.165) is 6.42 Å². The summed E-state index contributed by atoms with van der Waals surface area (Å²) in [6.45, 7) is 5.16. The molecule has 0 radical (unpaired) electrons. The van der Waals surface area contributed by atoms with Crippen LogP contribution in [-0.2, 0) is 16.0 Å². The summed E-state index contributed by atoms with van der Waals surface area (Å²) in [6.07, 6.45) is 1.37. The molecule has 35 heavy (non-hydrogen) atoms. The van der Waals surface area contributed by atoms with Crippen molar-refractivity contribution in [3.05, 3.63) is 71.1 Å². The summed E-state index contributed by atoms with van der Waals surface area (Å²) in [5, 5.41) is 16.4. The molecule has 12 heteroatoms. The monoisotopic (exact) mass is 608 g/mol.